The number of pyridine rings is 1. The van der Waals surface area contributed by atoms with E-state index in [1.807, 2.05) is 0 Å². The van der Waals surface area contributed by atoms with Crippen molar-refractivity contribution in [2.75, 3.05) is 6.61 Å². The molecular formula is C29H45NO. The Balaban J connectivity index is 1.63. The number of benzene rings is 1. The van der Waals surface area contributed by atoms with Crippen molar-refractivity contribution in [3.8, 4) is 17.0 Å². The van der Waals surface area contributed by atoms with Crippen molar-refractivity contribution in [3.63, 3.8) is 0 Å². The van der Waals surface area contributed by atoms with Gasteiger partial charge in [0.05, 0.1) is 12.3 Å². The van der Waals surface area contributed by atoms with Gasteiger partial charge in [-0.2, -0.15) is 0 Å². The van der Waals surface area contributed by atoms with Gasteiger partial charge in [0, 0.05) is 11.8 Å². The SMILES string of the molecule is CCCCCCCCCCCCc1ccc(-c2ccc(OCCC(C)CC)cc2)nc1. The van der Waals surface area contributed by atoms with Gasteiger partial charge >= 0.3 is 0 Å². The molecule has 0 fully saturated rings. The number of nitrogens with zero attached hydrogens (tertiary/aromatic N) is 1. The fraction of sp³-hybridized carbons (Fsp3) is 0.621. The van der Waals surface area contributed by atoms with Gasteiger partial charge in [0.15, 0.2) is 0 Å². The van der Waals surface area contributed by atoms with Gasteiger partial charge in [0.25, 0.3) is 0 Å². The summed E-state index contributed by atoms with van der Waals surface area (Å²) in [4.78, 5) is 4.70. The molecule has 0 saturated carbocycles. The third-order valence-electron chi connectivity index (χ3n) is 6.37. The Hall–Kier alpha value is -1.83. The molecule has 31 heavy (non-hydrogen) atoms. The molecule has 2 nitrogen and oxygen atoms in total. The third-order valence-corrected chi connectivity index (χ3v) is 6.37. The molecule has 0 aliphatic carbocycles. The van der Waals surface area contributed by atoms with E-state index in [1.165, 1.54) is 76.2 Å². The van der Waals surface area contributed by atoms with Crippen molar-refractivity contribution in [1.29, 1.82) is 0 Å². The van der Waals surface area contributed by atoms with Crippen LogP contribution in [0.2, 0.25) is 0 Å². The van der Waals surface area contributed by atoms with E-state index in [0.29, 0.717) is 0 Å². The van der Waals surface area contributed by atoms with Gasteiger partial charge in [-0.1, -0.05) is 91.0 Å². The zero-order chi connectivity index (χ0) is 22.2. The quantitative estimate of drug-likeness (QED) is 0.237. The number of ether oxygens (including phenoxy) is 1. The molecule has 0 bridgehead atoms. The van der Waals surface area contributed by atoms with Gasteiger partial charge in [-0.25, -0.2) is 0 Å². The number of rotatable bonds is 17. The molecule has 1 atom stereocenters. The molecule has 172 valence electrons. The highest BCUT2D eigenvalue weighted by molar-refractivity contribution is 5.60. The summed E-state index contributed by atoms with van der Waals surface area (Å²) in [6.07, 6.45) is 19.4. The Labute approximate surface area is 191 Å². The summed E-state index contributed by atoms with van der Waals surface area (Å²) in [5.41, 5.74) is 3.55. The van der Waals surface area contributed by atoms with E-state index >= 15 is 0 Å². The minimum atomic E-state index is 0.724. The van der Waals surface area contributed by atoms with E-state index in [9.17, 15) is 0 Å². The van der Waals surface area contributed by atoms with Crippen LogP contribution in [0.25, 0.3) is 11.3 Å². The molecule has 0 amide bonds. The highest BCUT2D eigenvalue weighted by Crippen LogP contribution is 2.22. The van der Waals surface area contributed by atoms with Crippen LogP contribution in [0, 0.1) is 5.92 Å². The second-order valence-corrected chi connectivity index (χ2v) is 9.16. The van der Waals surface area contributed by atoms with E-state index in [2.05, 4.69) is 63.4 Å². The first kappa shape index (κ1) is 25.4. The Morgan fingerprint density at radius 1 is 0.774 bits per heavy atom. The average Bonchev–Trinajstić information content (AvgIpc) is 2.81. The minimum absolute atomic E-state index is 0.724. The lowest BCUT2D eigenvalue weighted by Gasteiger charge is -2.10. The molecule has 0 saturated heterocycles. The van der Waals surface area contributed by atoms with E-state index in [0.717, 1.165) is 42.4 Å². The summed E-state index contributed by atoms with van der Waals surface area (Å²) in [5, 5.41) is 0. The van der Waals surface area contributed by atoms with Gasteiger partial charge < -0.3 is 4.74 Å². The molecule has 2 aromatic rings. The molecule has 0 radical (unpaired) electrons. The van der Waals surface area contributed by atoms with Gasteiger partial charge in [0.1, 0.15) is 5.75 Å². The lowest BCUT2D eigenvalue weighted by Crippen LogP contribution is -2.03. The van der Waals surface area contributed by atoms with Crippen LogP contribution < -0.4 is 4.74 Å². The summed E-state index contributed by atoms with van der Waals surface area (Å²) in [6.45, 7) is 7.58. The molecule has 1 unspecified atom stereocenters. The van der Waals surface area contributed by atoms with Crippen LogP contribution in [0.4, 0.5) is 0 Å². The van der Waals surface area contributed by atoms with Crippen molar-refractivity contribution in [1.82, 2.24) is 4.98 Å². The number of aryl methyl sites for hydroxylation is 1. The van der Waals surface area contributed by atoms with Crippen LogP contribution in [-0.2, 0) is 6.42 Å². The second-order valence-electron chi connectivity index (χ2n) is 9.16. The maximum atomic E-state index is 5.87. The van der Waals surface area contributed by atoms with E-state index in [1.54, 1.807) is 0 Å². The molecular weight excluding hydrogens is 378 g/mol. The van der Waals surface area contributed by atoms with E-state index in [-0.39, 0.29) is 0 Å². The first-order chi connectivity index (χ1) is 15.2. The molecule has 1 aromatic heterocycles. The molecule has 0 aliphatic heterocycles. The largest absolute Gasteiger partial charge is 0.494 e. The standard InChI is InChI=1S/C29H45NO/c1-4-6-7-8-9-10-11-12-13-14-15-26-16-21-29(30-24-26)27-17-19-28(20-18-27)31-23-22-25(3)5-2/h16-21,24-25H,4-15,22-23H2,1-3H3. The Bertz CT molecular complexity index is 677. The fourth-order valence-corrected chi connectivity index (χ4v) is 3.86. The monoisotopic (exact) mass is 423 g/mol. The summed E-state index contributed by atoms with van der Waals surface area (Å²) in [7, 11) is 0. The first-order valence-electron chi connectivity index (χ1n) is 12.9. The van der Waals surface area contributed by atoms with Crippen LogP contribution >= 0.6 is 0 Å². The van der Waals surface area contributed by atoms with Crippen LogP contribution in [0.15, 0.2) is 42.6 Å². The zero-order valence-corrected chi connectivity index (χ0v) is 20.4. The Morgan fingerprint density at radius 3 is 2.00 bits per heavy atom. The summed E-state index contributed by atoms with van der Waals surface area (Å²) < 4.78 is 5.87. The minimum Gasteiger partial charge on any atom is -0.494 e. The topological polar surface area (TPSA) is 22.1 Å². The van der Waals surface area contributed by atoms with Crippen molar-refractivity contribution in [3.05, 3.63) is 48.2 Å². The maximum Gasteiger partial charge on any atom is 0.119 e. The second kappa shape index (κ2) is 15.9. The zero-order valence-electron chi connectivity index (χ0n) is 20.4. The number of unbranched alkanes of at least 4 members (excludes halogenated alkanes) is 9. The third kappa shape index (κ3) is 10.8. The van der Waals surface area contributed by atoms with Crippen molar-refractivity contribution in [2.24, 2.45) is 5.92 Å². The van der Waals surface area contributed by atoms with Gasteiger partial charge in [-0.15, -0.1) is 0 Å². The summed E-state index contributed by atoms with van der Waals surface area (Å²) in [5.74, 6) is 1.67. The molecule has 2 rings (SSSR count). The van der Waals surface area contributed by atoms with Gasteiger partial charge in [0.2, 0.25) is 0 Å². The van der Waals surface area contributed by atoms with Gasteiger partial charge in [-0.3, -0.25) is 4.98 Å². The highest BCUT2D eigenvalue weighted by atomic mass is 16.5. The molecule has 1 heterocycles. The number of hydrogen-bond acceptors (Lipinski definition) is 2. The smallest absolute Gasteiger partial charge is 0.119 e. The van der Waals surface area contributed by atoms with E-state index in [4.69, 9.17) is 9.72 Å². The summed E-state index contributed by atoms with van der Waals surface area (Å²) in [6, 6.07) is 12.7. The lowest BCUT2D eigenvalue weighted by atomic mass is 10.0. The average molecular weight is 424 g/mol. The number of hydrogen-bond donors (Lipinski definition) is 0. The van der Waals surface area contributed by atoms with Crippen molar-refractivity contribution in [2.45, 2.75) is 104 Å². The lowest BCUT2D eigenvalue weighted by molar-refractivity contribution is 0.282. The van der Waals surface area contributed by atoms with Gasteiger partial charge in [-0.05, 0) is 61.1 Å². The first-order valence-corrected chi connectivity index (χ1v) is 12.9. The molecule has 0 N–H and O–H groups in total. The maximum absolute atomic E-state index is 5.87. The fourth-order valence-electron chi connectivity index (χ4n) is 3.86. The molecule has 0 spiro atoms. The molecule has 1 aromatic carbocycles. The normalized spacial score (nSPS) is 12.1. The highest BCUT2D eigenvalue weighted by Gasteiger charge is 2.03. The number of aromatic nitrogens is 1. The van der Waals surface area contributed by atoms with E-state index < -0.39 is 0 Å². The Morgan fingerprint density at radius 2 is 1.42 bits per heavy atom. The van der Waals surface area contributed by atoms with Crippen LogP contribution in [-0.4, -0.2) is 11.6 Å². The van der Waals surface area contributed by atoms with Crippen LogP contribution in [0.5, 0.6) is 5.75 Å². The van der Waals surface area contributed by atoms with Crippen molar-refractivity contribution >= 4 is 0 Å². The summed E-state index contributed by atoms with van der Waals surface area (Å²) >= 11 is 0. The molecule has 2 heteroatoms. The van der Waals surface area contributed by atoms with Crippen LogP contribution in [0.1, 0.15) is 103 Å². The molecule has 0 aliphatic rings. The van der Waals surface area contributed by atoms with Crippen LogP contribution in [0.3, 0.4) is 0 Å². The Kier molecular flexibility index (Phi) is 13.0. The predicted octanol–water partition coefficient (Wildman–Crippen LogP) is 9.03. The predicted molar refractivity (Wildman–Crippen MR) is 135 cm³/mol. The van der Waals surface area contributed by atoms with Crippen molar-refractivity contribution < 1.29 is 4.74 Å².